The predicted octanol–water partition coefficient (Wildman–Crippen LogP) is 4.26. The van der Waals surface area contributed by atoms with E-state index in [4.69, 9.17) is 4.42 Å². The highest BCUT2D eigenvalue weighted by atomic mass is 79.9. The smallest absolute Gasteiger partial charge is 0.227 e. The van der Waals surface area contributed by atoms with E-state index < -0.39 is 0 Å². The van der Waals surface area contributed by atoms with Crippen LogP contribution in [0.15, 0.2) is 57.4 Å². The van der Waals surface area contributed by atoms with E-state index in [0.717, 1.165) is 21.1 Å². The van der Waals surface area contributed by atoms with Crippen molar-refractivity contribution in [2.45, 2.75) is 0 Å². The van der Waals surface area contributed by atoms with Gasteiger partial charge in [-0.25, -0.2) is 4.98 Å². The Morgan fingerprint density at radius 2 is 1.88 bits per heavy atom. The van der Waals surface area contributed by atoms with Crippen LogP contribution in [0.1, 0.15) is 0 Å². The number of hydrogen-bond donors (Lipinski definition) is 0. The summed E-state index contributed by atoms with van der Waals surface area (Å²) in [5, 5.41) is 0. The molecule has 3 aromatic rings. The Labute approximate surface area is 101 Å². The third-order valence-corrected chi connectivity index (χ3v) is 2.86. The Balaban J connectivity index is 2.19. The molecule has 1 heterocycles. The monoisotopic (exact) mass is 273 g/mol. The number of benzene rings is 2. The zero-order valence-corrected chi connectivity index (χ0v) is 9.94. The third kappa shape index (κ3) is 1.63. The van der Waals surface area contributed by atoms with Gasteiger partial charge in [-0.15, -0.1) is 0 Å². The molecule has 0 aliphatic carbocycles. The first-order valence-corrected chi connectivity index (χ1v) is 5.74. The number of hydrogen-bond acceptors (Lipinski definition) is 2. The van der Waals surface area contributed by atoms with Gasteiger partial charge in [0, 0.05) is 10.0 Å². The molecule has 3 rings (SSSR count). The van der Waals surface area contributed by atoms with Crippen LogP contribution in [0.2, 0.25) is 0 Å². The number of rotatable bonds is 1. The first kappa shape index (κ1) is 9.60. The maximum atomic E-state index is 5.68. The molecule has 78 valence electrons. The molecule has 0 unspecified atom stereocenters. The second-order valence-corrected chi connectivity index (χ2v) is 4.41. The molecule has 0 fully saturated rings. The predicted molar refractivity (Wildman–Crippen MR) is 67.1 cm³/mol. The molecule has 0 aliphatic heterocycles. The molecule has 0 radical (unpaired) electrons. The normalized spacial score (nSPS) is 10.8. The van der Waals surface area contributed by atoms with E-state index in [1.807, 2.05) is 48.5 Å². The number of nitrogens with zero attached hydrogens (tertiary/aromatic N) is 1. The van der Waals surface area contributed by atoms with E-state index in [-0.39, 0.29) is 0 Å². The summed E-state index contributed by atoms with van der Waals surface area (Å²) in [7, 11) is 0. The molecule has 0 N–H and O–H groups in total. The molecule has 1 aromatic heterocycles. The zero-order chi connectivity index (χ0) is 11.0. The largest absolute Gasteiger partial charge is 0.436 e. The van der Waals surface area contributed by atoms with Crippen LogP contribution in [-0.2, 0) is 0 Å². The fourth-order valence-electron chi connectivity index (χ4n) is 1.62. The van der Waals surface area contributed by atoms with Crippen LogP contribution in [0.3, 0.4) is 0 Å². The SMILES string of the molecule is Brc1cccc(-c2nc3ccccc3o2)c1. The van der Waals surface area contributed by atoms with Crippen LogP contribution in [0.25, 0.3) is 22.6 Å². The maximum absolute atomic E-state index is 5.68. The van der Waals surface area contributed by atoms with Gasteiger partial charge in [0.25, 0.3) is 0 Å². The van der Waals surface area contributed by atoms with Gasteiger partial charge in [-0.3, -0.25) is 0 Å². The molecule has 0 saturated carbocycles. The summed E-state index contributed by atoms with van der Waals surface area (Å²) in [6, 6.07) is 15.7. The van der Waals surface area contributed by atoms with Gasteiger partial charge < -0.3 is 4.42 Å². The van der Waals surface area contributed by atoms with E-state index in [0.29, 0.717) is 5.89 Å². The van der Waals surface area contributed by atoms with Crippen molar-refractivity contribution >= 4 is 27.0 Å². The van der Waals surface area contributed by atoms with Gasteiger partial charge in [-0.05, 0) is 30.3 Å². The Morgan fingerprint density at radius 3 is 2.69 bits per heavy atom. The molecule has 2 aromatic carbocycles. The van der Waals surface area contributed by atoms with Crippen LogP contribution < -0.4 is 0 Å². The lowest BCUT2D eigenvalue weighted by molar-refractivity contribution is 0.620. The summed E-state index contributed by atoms with van der Waals surface area (Å²) >= 11 is 3.43. The minimum Gasteiger partial charge on any atom is -0.436 e. The van der Waals surface area contributed by atoms with Crippen molar-refractivity contribution in [2.24, 2.45) is 0 Å². The number of para-hydroxylation sites is 2. The highest BCUT2D eigenvalue weighted by Gasteiger charge is 2.07. The summed E-state index contributed by atoms with van der Waals surface area (Å²) in [5.41, 5.74) is 2.68. The van der Waals surface area contributed by atoms with Crippen molar-refractivity contribution in [3.8, 4) is 11.5 Å². The molecule has 16 heavy (non-hydrogen) atoms. The molecule has 0 bridgehead atoms. The molecule has 0 amide bonds. The van der Waals surface area contributed by atoms with E-state index >= 15 is 0 Å². The second kappa shape index (κ2) is 3.76. The Morgan fingerprint density at radius 1 is 1.00 bits per heavy atom. The van der Waals surface area contributed by atoms with Crippen molar-refractivity contribution in [2.75, 3.05) is 0 Å². The lowest BCUT2D eigenvalue weighted by atomic mass is 10.2. The lowest BCUT2D eigenvalue weighted by Crippen LogP contribution is -1.76. The summed E-state index contributed by atoms with van der Waals surface area (Å²) in [5.74, 6) is 0.655. The molecule has 0 spiro atoms. The van der Waals surface area contributed by atoms with E-state index in [1.54, 1.807) is 0 Å². The zero-order valence-electron chi connectivity index (χ0n) is 8.35. The third-order valence-electron chi connectivity index (χ3n) is 2.37. The molecule has 0 aliphatic rings. The van der Waals surface area contributed by atoms with Gasteiger partial charge in [0.1, 0.15) is 5.52 Å². The van der Waals surface area contributed by atoms with E-state index in [9.17, 15) is 0 Å². The summed E-state index contributed by atoms with van der Waals surface area (Å²) in [6.45, 7) is 0. The molecular formula is C13H8BrNO. The highest BCUT2D eigenvalue weighted by molar-refractivity contribution is 9.10. The number of oxazole rings is 1. The number of fused-ring (bicyclic) bond motifs is 1. The standard InChI is InChI=1S/C13H8BrNO/c14-10-5-3-4-9(8-10)13-15-11-6-1-2-7-12(11)16-13/h1-8H. The van der Waals surface area contributed by atoms with Gasteiger partial charge in [-0.1, -0.05) is 34.1 Å². The van der Waals surface area contributed by atoms with Crippen molar-refractivity contribution in [3.63, 3.8) is 0 Å². The highest BCUT2D eigenvalue weighted by Crippen LogP contribution is 2.25. The van der Waals surface area contributed by atoms with Crippen molar-refractivity contribution in [1.29, 1.82) is 0 Å². The van der Waals surface area contributed by atoms with Crippen LogP contribution in [0.4, 0.5) is 0 Å². The van der Waals surface area contributed by atoms with Crippen LogP contribution in [0, 0.1) is 0 Å². The molecule has 3 heteroatoms. The Kier molecular flexibility index (Phi) is 2.26. The molecule has 2 nitrogen and oxygen atoms in total. The number of halogens is 1. The minimum absolute atomic E-state index is 0.655. The Bertz CT molecular complexity index is 612. The number of aromatic nitrogens is 1. The van der Waals surface area contributed by atoms with Crippen LogP contribution in [-0.4, -0.2) is 4.98 Å². The first-order chi connectivity index (χ1) is 7.83. The fourth-order valence-corrected chi connectivity index (χ4v) is 2.02. The van der Waals surface area contributed by atoms with Gasteiger partial charge >= 0.3 is 0 Å². The van der Waals surface area contributed by atoms with Crippen molar-refractivity contribution in [1.82, 2.24) is 4.98 Å². The topological polar surface area (TPSA) is 26.0 Å². The van der Waals surface area contributed by atoms with Gasteiger partial charge in [0.15, 0.2) is 5.58 Å². The lowest BCUT2D eigenvalue weighted by Gasteiger charge is -1.94. The van der Waals surface area contributed by atoms with Gasteiger partial charge in [-0.2, -0.15) is 0 Å². The fraction of sp³-hybridized carbons (Fsp3) is 0. The van der Waals surface area contributed by atoms with Crippen molar-refractivity contribution < 1.29 is 4.42 Å². The van der Waals surface area contributed by atoms with Crippen molar-refractivity contribution in [3.05, 3.63) is 53.0 Å². The summed E-state index contributed by atoms with van der Waals surface area (Å²) in [4.78, 5) is 4.44. The average Bonchev–Trinajstić information content (AvgIpc) is 2.72. The first-order valence-electron chi connectivity index (χ1n) is 4.94. The molecule has 0 atom stereocenters. The minimum atomic E-state index is 0.655. The van der Waals surface area contributed by atoms with Crippen LogP contribution >= 0.6 is 15.9 Å². The van der Waals surface area contributed by atoms with E-state index in [2.05, 4.69) is 20.9 Å². The Hall–Kier alpha value is -1.61. The maximum Gasteiger partial charge on any atom is 0.227 e. The summed E-state index contributed by atoms with van der Waals surface area (Å²) < 4.78 is 6.70. The summed E-state index contributed by atoms with van der Waals surface area (Å²) in [6.07, 6.45) is 0. The quantitative estimate of drug-likeness (QED) is 0.662. The van der Waals surface area contributed by atoms with Gasteiger partial charge in [0.05, 0.1) is 0 Å². The molecular weight excluding hydrogens is 266 g/mol. The van der Waals surface area contributed by atoms with Crippen LogP contribution in [0.5, 0.6) is 0 Å². The van der Waals surface area contributed by atoms with Gasteiger partial charge in [0.2, 0.25) is 5.89 Å². The average molecular weight is 274 g/mol. The molecule has 0 saturated heterocycles. The van der Waals surface area contributed by atoms with E-state index in [1.165, 1.54) is 0 Å². The second-order valence-electron chi connectivity index (χ2n) is 3.50.